The first-order chi connectivity index (χ1) is 8.08. The van der Waals surface area contributed by atoms with Crippen LogP contribution in [0.5, 0.6) is 0 Å². The molecule has 0 atom stereocenters. The first kappa shape index (κ1) is 11.6. The van der Waals surface area contributed by atoms with Gasteiger partial charge in [0, 0.05) is 13.2 Å². The molecule has 2 heterocycles. The molecule has 0 aliphatic heterocycles. The van der Waals surface area contributed by atoms with Gasteiger partial charge >= 0.3 is 0 Å². The predicted molar refractivity (Wildman–Crippen MR) is 60.8 cm³/mol. The summed E-state index contributed by atoms with van der Waals surface area (Å²) in [5.41, 5.74) is 1.37. The molecule has 0 unspecified atom stereocenters. The number of hydrogen-bond acceptors (Lipinski definition) is 6. The molecule has 2 aromatic rings. The summed E-state index contributed by atoms with van der Waals surface area (Å²) in [5.74, 6) is 0.765. The number of aryl methyl sites for hydroxylation is 1. The van der Waals surface area contributed by atoms with E-state index in [1.807, 2.05) is 6.92 Å². The van der Waals surface area contributed by atoms with Gasteiger partial charge in [0.25, 0.3) is 0 Å². The maximum absolute atomic E-state index is 10.6. The second-order valence-electron chi connectivity index (χ2n) is 3.53. The van der Waals surface area contributed by atoms with E-state index in [0.29, 0.717) is 17.3 Å². The molecule has 2 rings (SSSR count). The molecule has 0 aliphatic carbocycles. The summed E-state index contributed by atoms with van der Waals surface area (Å²) in [6.07, 6.45) is 3.21. The summed E-state index contributed by atoms with van der Waals surface area (Å²) in [7, 11) is -0.814. The van der Waals surface area contributed by atoms with Gasteiger partial charge in [-0.1, -0.05) is 0 Å². The van der Waals surface area contributed by atoms with Crippen molar-refractivity contribution >= 4 is 10.7 Å². The molecule has 8 heteroatoms. The van der Waals surface area contributed by atoms with Crippen molar-refractivity contribution in [3.8, 4) is 11.5 Å². The van der Waals surface area contributed by atoms with E-state index in [4.69, 9.17) is 0 Å². The Hall–Kier alpha value is -1.83. The highest BCUT2D eigenvalue weighted by Crippen LogP contribution is 2.13. The van der Waals surface area contributed by atoms with Gasteiger partial charge in [-0.25, -0.2) is 13.4 Å². The van der Waals surface area contributed by atoms with Crippen molar-refractivity contribution in [1.82, 2.24) is 24.7 Å². The number of rotatable bonds is 3. The van der Waals surface area contributed by atoms with E-state index in [1.54, 1.807) is 24.0 Å². The Morgan fingerprint density at radius 1 is 1.24 bits per heavy atom. The third-order valence-electron chi connectivity index (χ3n) is 2.25. The fraction of sp³-hybridized carbons (Fsp3) is 0.333. The van der Waals surface area contributed by atoms with Crippen molar-refractivity contribution in [3.05, 3.63) is 23.9 Å². The zero-order valence-electron chi connectivity index (χ0n) is 9.36. The Morgan fingerprint density at radius 3 is 2.59 bits per heavy atom. The van der Waals surface area contributed by atoms with Gasteiger partial charge < -0.3 is 4.57 Å². The van der Waals surface area contributed by atoms with Crippen LogP contribution in [-0.2, 0) is 23.5 Å². The molecule has 90 valence electrons. The molecule has 2 aromatic heterocycles. The van der Waals surface area contributed by atoms with Crippen LogP contribution in [0.3, 0.4) is 0 Å². The summed E-state index contributed by atoms with van der Waals surface area (Å²) in [6.45, 7) is 1.83. The number of nitrogens with zero attached hydrogens (tertiary/aromatic N) is 5. The van der Waals surface area contributed by atoms with Crippen LogP contribution in [0.25, 0.3) is 11.5 Å². The predicted octanol–water partition coefficient (Wildman–Crippen LogP) is -0.308. The summed E-state index contributed by atoms with van der Waals surface area (Å²) in [6, 6.07) is 0. The van der Waals surface area contributed by atoms with Gasteiger partial charge in [0.05, 0.1) is 11.9 Å². The average Bonchev–Trinajstić information content (AvgIpc) is 2.61. The first-order valence-electron chi connectivity index (χ1n) is 4.87. The molecule has 0 saturated heterocycles. The van der Waals surface area contributed by atoms with Gasteiger partial charge in [0.15, 0.2) is 5.82 Å². The van der Waals surface area contributed by atoms with Gasteiger partial charge in [0.2, 0.25) is 0 Å². The van der Waals surface area contributed by atoms with Crippen LogP contribution < -0.4 is 0 Å². The van der Waals surface area contributed by atoms with Crippen molar-refractivity contribution in [2.45, 2.75) is 12.7 Å². The lowest BCUT2D eigenvalue weighted by Crippen LogP contribution is -2.01. The molecule has 0 N–H and O–H groups in total. The Kier molecular flexibility index (Phi) is 3.14. The van der Waals surface area contributed by atoms with Crippen LogP contribution in [0.1, 0.15) is 11.5 Å². The topological polar surface area (TPSA) is 90.6 Å². The lowest BCUT2D eigenvalue weighted by atomic mass is 10.4. The van der Waals surface area contributed by atoms with E-state index >= 15 is 0 Å². The number of aromatic nitrogens is 5. The van der Waals surface area contributed by atoms with Crippen LogP contribution >= 0.6 is 0 Å². The van der Waals surface area contributed by atoms with Crippen molar-refractivity contribution in [3.63, 3.8) is 0 Å². The van der Waals surface area contributed by atoms with E-state index in [2.05, 4.69) is 20.2 Å². The monoisotopic (exact) mass is 253 g/mol. The summed E-state index contributed by atoms with van der Waals surface area (Å²) < 4.78 is 22.9. The average molecular weight is 253 g/mol. The molecule has 0 aliphatic rings. The molecule has 0 spiro atoms. The Bertz CT molecular complexity index is 594. The maximum Gasteiger partial charge on any atom is 0.183 e. The van der Waals surface area contributed by atoms with Gasteiger partial charge in [-0.2, -0.15) is 0 Å². The van der Waals surface area contributed by atoms with E-state index in [0.717, 1.165) is 5.69 Å². The largest absolute Gasteiger partial charge is 0.312 e. The molecule has 17 heavy (non-hydrogen) atoms. The van der Waals surface area contributed by atoms with E-state index in [1.165, 1.54) is 0 Å². The second kappa shape index (κ2) is 4.58. The molecule has 0 aromatic carbocycles. The molecular formula is C9H11N5O2S. The lowest BCUT2D eigenvalue weighted by Gasteiger charge is -2.01. The van der Waals surface area contributed by atoms with Gasteiger partial charge in [-0.05, 0) is 6.92 Å². The number of thiol groups is 1. The van der Waals surface area contributed by atoms with Crippen molar-refractivity contribution < 1.29 is 8.42 Å². The lowest BCUT2D eigenvalue weighted by molar-refractivity contribution is 0.611. The maximum atomic E-state index is 10.6. The van der Waals surface area contributed by atoms with E-state index in [9.17, 15) is 8.42 Å². The molecule has 0 bridgehead atoms. The summed E-state index contributed by atoms with van der Waals surface area (Å²) in [4.78, 5) is 8.27. The zero-order chi connectivity index (χ0) is 12.4. The smallest absolute Gasteiger partial charge is 0.183 e. The quantitative estimate of drug-likeness (QED) is 0.755. The first-order valence-corrected chi connectivity index (χ1v) is 6.23. The van der Waals surface area contributed by atoms with Crippen LogP contribution in [0, 0.1) is 6.92 Å². The molecule has 7 nitrogen and oxygen atoms in total. The van der Waals surface area contributed by atoms with E-state index < -0.39 is 10.7 Å². The minimum atomic E-state index is -2.51. The fourth-order valence-electron chi connectivity index (χ4n) is 1.35. The van der Waals surface area contributed by atoms with Crippen LogP contribution in [-0.4, -0.2) is 33.2 Å². The Balaban J connectivity index is 2.40. The Labute approximate surface area is 99.5 Å². The molecule has 0 amide bonds. The van der Waals surface area contributed by atoms with E-state index in [-0.39, 0.29) is 5.75 Å². The molecule has 0 saturated carbocycles. The van der Waals surface area contributed by atoms with Gasteiger partial charge in [-0.15, -0.1) is 10.2 Å². The van der Waals surface area contributed by atoms with Gasteiger partial charge in [-0.3, -0.25) is 4.98 Å². The normalized spacial score (nSPS) is 11.0. The van der Waals surface area contributed by atoms with Crippen LogP contribution in [0.2, 0.25) is 0 Å². The standard InChI is InChI=1S/C9H11N5O2S/c1-6-3-11-7(4-10-6)9-13-12-8(14(9)2)5-17(15)16/h3-4,17H,5H2,1-2H3. The SMILES string of the molecule is Cc1cnc(-c2nnc(C[SH](=O)=O)n2C)cn1. The van der Waals surface area contributed by atoms with Crippen molar-refractivity contribution in [2.24, 2.45) is 7.05 Å². The highest BCUT2D eigenvalue weighted by atomic mass is 32.2. The van der Waals surface area contributed by atoms with Crippen LogP contribution in [0.4, 0.5) is 0 Å². The molecule has 0 radical (unpaired) electrons. The van der Waals surface area contributed by atoms with Crippen LogP contribution in [0.15, 0.2) is 12.4 Å². The second-order valence-corrected chi connectivity index (χ2v) is 4.51. The zero-order valence-corrected chi connectivity index (χ0v) is 10.3. The molecule has 0 fully saturated rings. The minimum Gasteiger partial charge on any atom is -0.312 e. The van der Waals surface area contributed by atoms with Gasteiger partial charge in [0.1, 0.15) is 28.0 Å². The summed E-state index contributed by atoms with van der Waals surface area (Å²) in [5, 5.41) is 7.73. The highest BCUT2D eigenvalue weighted by molar-refractivity contribution is 7.71. The third-order valence-corrected chi connectivity index (χ3v) is 2.79. The highest BCUT2D eigenvalue weighted by Gasteiger charge is 2.12. The van der Waals surface area contributed by atoms with Crippen molar-refractivity contribution in [2.75, 3.05) is 0 Å². The summed E-state index contributed by atoms with van der Waals surface area (Å²) >= 11 is 0. The fourth-order valence-corrected chi connectivity index (χ4v) is 1.85. The third kappa shape index (κ3) is 2.47. The minimum absolute atomic E-state index is 0.127. The van der Waals surface area contributed by atoms with Crippen molar-refractivity contribution in [1.29, 1.82) is 0 Å². The molecular weight excluding hydrogens is 242 g/mol. The number of hydrogen-bond donors (Lipinski definition) is 1. The Morgan fingerprint density at radius 2 is 2.00 bits per heavy atom.